The number of rotatable bonds is 5. The van der Waals surface area contributed by atoms with E-state index in [1.165, 1.54) is 11.8 Å². The summed E-state index contributed by atoms with van der Waals surface area (Å²) < 4.78 is 7.83. The van der Waals surface area contributed by atoms with Crippen molar-refractivity contribution in [3.63, 3.8) is 0 Å². The van der Waals surface area contributed by atoms with Gasteiger partial charge in [0.25, 0.3) is 0 Å². The number of pyridine rings is 1. The third-order valence-electron chi connectivity index (χ3n) is 4.60. The Morgan fingerprint density at radius 3 is 2.72 bits per heavy atom. The SMILES string of the molecule is CC(=O)NC[C@H]1CN(c2ccc(C(=O)c3cnc4ccc(Br)cn34)cc2)C(=O)O1. The number of nitrogens with zero attached hydrogens (tertiary/aromatic N) is 3. The van der Waals surface area contributed by atoms with Gasteiger partial charge in [-0.1, -0.05) is 0 Å². The Morgan fingerprint density at radius 2 is 2.00 bits per heavy atom. The summed E-state index contributed by atoms with van der Waals surface area (Å²) in [4.78, 5) is 41.8. The zero-order chi connectivity index (χ0) is 20.5. The number of cyclic esters (lactones) is 1. The molecule has 1 fully saturated rings. The van der Waals surface area contributed by atoms with E-state index in [9.17, 15) is 14.4 Å². The second-order valence-electron chi connectivity index (χ2n) is 6.65. The molecule has 9 heteroatoms. The average Bonchev–Trinajstić information content (AvgIpc) is 3.29. The minimum Gasteiger partial charge on any atom is -0.442 e. The molecule has 3 aromatic rings. The number of amides is 2. The second kappa shape index (κ2) is 7.67. The fraction of sp³-hybridized carbons (Fsp3) is 0.200. The van der Waals surface area contributed by atoms with Crippen LogP contribution in [0.1, 0.15) is 23.0 Å². The lowest BCUT2D eigenvalue weighted by atomic mass is 10.1. The van der Waals surface area contributed by atoms with Crippen molar-refractivity contribution in [2.24, 2.45) is 0 Å². The highest BCUT2D eigenvalue weighted by molar-refractivity contribution is 9.10. The summed E-state index contributed by atoms with van der Waals surface area (Å²) in [6.07, 6.45) is 2.44. The van der Waals surface area contributed by atoms with Gasteiger partial charge in [0.1, 0.15) is 17.4 Å². The number of aromatic nitrogens is 2. The maximum Gasteiger partial charge on any atom is 0.414 e. The lowest BCUT2D eigenvalue weighted by Crippen LogP contribution is -2.33. The maximum atomic E-state index is 12.9. The van der Waals surface area contributed by atoms with Crippen LogP contribution in [0.5, 0.6) is 0 Å². The Morgan fingerprint density at radius 1 is 1.24 bits per heavy atom. The first-order valence-electron chi connectivity index (χ1n) is 8.92. The molecule has 1 aliphatic heterocycles. The Balaban J connectivity index is 1.52. The zero-order valence-electron chi connectivity index (χ0n) is 15.5. The molecule has 148 valence electrons. The van der Waals surface area contributed by atoms with Gasteiger partial charge in [-0.15, -0.1) is 0 Å². The Bertz CT molecular complexity index is 1110. The molecule has 0 bridgehead atoms. The van der Waals surface area contributed by atoms with Gasteiger partial charge in [0.15, 0.2) is 0 Å². The molecule has 1 aliphatic rings. The van der Waals surface area contributed by atoms with Crippen molar-refractivity contribution in [2.75, 3.05) is 18.0 Å². The second-order valence-corrected chi connectivity index (χ2v) is 7.56. The number of carbonyl (C=O) groups excluding carboxylic acids is 3. The summed E-state index contributed by atoms with van der Waals surface area (Å²) in [5.74, 6) is -0.350. The Hall–Kier alpha value is -3.20. The molecular formula is C20H17BrN4O4. The standard InChI is InChI=1S/C20H17BrN4O4/c1-12(26)22-8-16-11-24(20(28)29-16)15-5-2-13(3-6-15)19(27)17-9-23-18-7-4-14(21)10-25(17)18/h2-7,9-10,16H,8,11H2,1H3,(H,22,26)/t16-/m0/s1. The summed E-state index contributed by atoms with van der Waals surface area (Å²) in [6.45, 7) is 2.00. The predicted octanol–water partition coefficient (Wildman–Crippen LogP) is 2.79. The number of hydrogen-bond acceptors (Lipinski definition) is 5. The summed E-state index contributed by atoms with van der Waals surface area (Å²) in [5, 5.41) is 2.64. The molecule has 0 spiro atoms. The number of nitrogens with one attached hydrogen (secondary N) is 1. The molecule has 1 saturated heterocycles. The van der Waals surface area contributed by atoms with Gasteiger partial charge in [0.2, 0.25) is 11.7 Å². The van der Waals surface area contributed by atoms with E-state index in [2.05, 4.69) is 26.2 Å². The molecule has 0 aliphatic carbocycles. The highest BCUT2D eigenvalue weighted by atomic mass is 79.9. The number of hydrogen-bond donors (Lipinski definition) is 1. The topological polar surface area (TPSA) is 93.0 Å². The monoisotopic (exact) mass is 456 g/mol. The summed E-state index contributed by atoms with van der Waals surface area (Å²) in [7, 11) is 0. The van der Waals surface area contributed by atoms with E-state index in [1.54, 1.807) is 41.1 Å². The van der Waals surface area contributed by atoms with Gasteiger partial charge >= 0.3 is 6.09 Å². The molecule has 1 atom stereocenters. The molecule has 0 saturated carbocycles. The molecule has 2 amide bonds. The number of benzene rings is 1. The van der Waals surface area contributed by atoms with Gasteiger partial charge in [0, 0.05) is 28.8 Å². The molecule has 8 nitrogen and oxygen atoms in total. The number of ether oxygens (including phenoxy) is 1. The van der Waals surface area contributed by atoms with Crippen molar-refractivity contribution in [3.8, 4) is 0 Å². The van der Waals surface area contributed by atoms with Crippen molar-refractivity contribution >= 4 is 45.0 Å². The van der Waals surface area contributed by atoms with Crippen molar-refractivity contribution in [2.45, 2.75) is 13.0 Å². The van der Waals surface area contributed by atoms with Crippen LogP contribution in [-0.4, -0.2) is 46.4 Å². The minimum absolute atomic E-state index is 0.172. The normalized spacial score (nSPS) is 16.1. The van der Waals surface area contributed by atoms with E-state index >= 15 is 0 Å². The van der Waals surface area contributed by atoms with Crippen LogP contribution in [0.25, 0.3) is 5.65 Å². The molecular weight excluding hydrogens is 440 g/mol. The summed E-state index contributed by atoms with van der Waals surface area (Å²) in [6, 6.07) is 10.4. The number of halogens is 1. The fourth-order valence-electron chi connectivity index (χ4n) is 3.16. The molecule has 0 radical (unpaired) electrons. The van der Waals surface area contributed by atoms with Crippen molar-refractivity contribution < 1.29 is 19.1 Å². The average molecular weight is 457 g/mol. The van der Waals surface area contributed by atoms with E-state index in [4.69, 9.17) is 4.74 Å². The van der Waals surface area contributed by atoms with E-state index in [0.717, 1.165) is 4.47 Å². The van der Waals surface area contributed by atoms with Gasteiger partial charge in [-0.2, -0.15) is 0 Å². The molecule has 1 aromatic carbocycles. The lowest BCUT2D eigenvalue weighted by molar-refractivity contribution is -0.119. The van der Waals surface area contributed by atoms with Crippen LogP contribution in [0.4, 0.5) is 10.5 Å². The number of ketones is 1. The predicted molar refractivity (Wildman–Crippen MR) is 109 cm³/mol. The van der Waals surface area contributed by atoms with Crippen LogP contribution >= 0.6 is 15.9 Å². The highest BCUT2D eigenvalue weighted by Crippen LogP contribution is 2.23. The van der Waals surface area contributed by atoms with Crippen LogP contribution in [0.2, 0.25) is 0 Å². The minimum atomic E-state index is -0.480. The van der Waals surface area contributed by atoms with E-state index in [1.807, 2.05) is 12.1 Å². The van der Waals surface area contributed by atoms with Crippen LogP contribution < -0.4 is 10.2 Å². The first-order chi connectivity index (χ1) is 13.9. The molecule has 29 heavy (non-hydrogen) atoms. The molecule has 0 unspecified atom stereocenters. The van der Waals surface area contributed by atoms with E-state index in [-0.39, 0.29) is 18.2 Å². The summed E-state index contributed by atoms with van der Waals surface area (Å²) >= 11 is 3.40. The highest BCUT2D eigenvalue weighted by Gasteiger charge is 2.32. The quantitative estimate of drug-likeness (QED) is 0.595. The first kappa shape index (κ1) is 19.1. The van der Waals surface area contributed by atoms with Gasteiger partial charge in [-0.05, 0) is 52.3 Å². The van der Waals surface area contributed by atoms with Gasteiger partial charge < -0.3 is 10.1 Å². The van der Waals surface area contributed by atoms with Crippen molar-refractivity contribution in [1.29, 1.82) is 0 Å². The number of imidazole rings is 1. The van der Waals surface area contributed by atoms with Crippen molar-refractivity contribution in [3.05, 3.63) is 64.5 Å². The maximum absolute atomic E-state index is 12.9. The van der Waals surface area contributed by atoms with Crippen molar-refractivity contribution in [1.82, 2.24) is 14.7 Å². The number of anilines is 1. The van der Waals surface area contributed by atoms with E-state index < -0.39 is 12.2 Å². The first-order valence-corrected chi connectivity index (χ1v) is 9.71. The van der Waals surface area contributed by atoms with Crippen LogP contribution in [-0.2, 0) is 9.53 Å². The number of fused-ring (bicyclic) bond motifs is 1. The third kappa shape index (κ3) is 3.86. The number of carbonyl (C=O) groups is 3. The van der Waals surface area contributed by atoms with E-state index in [0.29, 0.717) is 29.1 Å². The molecule has 2 aromatic heterocycles. The third-order valence-corrected chi connectivity index (χ3v) is 5.07. The Kier molecular flexibility index (Phi) is 5.06. The lowest BCUT2D eigenvalue weighted by Gasteiger charge is -2.13. The molecule has 1 N–H and O–H groups in total. The zero-order valence-corrected chi connectivity index (χ0v) is 17.0. The van der Waals surface area contributed by atoms with Crippen LogP contribution in [0.3, 0.4) is 0 Å². The fourth-order valence-corrected chi connectivity index (χ4v) is 3.50. The Labute approximate surface area is 174 Å². The van der Waals surface area contributed by atoms with Gasteiger partial charge in [0.05, 0.1) is 19.3 Å². The molecule has 4 rings (SSSR count). The smallest absolute Gasteiger partial charge is 0.414 e. The van der Waals surface area contributed by atoms with Gasteiger partial charge in [-0.3, -0.25) is 18.9 Å². The van der Waals surface area contributed by atoms with Crippen LogP contribution in [0.15, 0.2) is 53.3 Å². The van der Waals surface area contributed by atoms with Gasteiger partial charge in [-0.25, -0.2) is 9.78 Å². The van der Waals surface area contributed by atoms with Crippen LogP contribution in [0, 0.1) is 0 Å². The largest absolute Gasteiger partial charge is 0.442 e. The molecule has 3 heterocycles. The summed E-state index contributed by atoms with van der Waals surface area (Å²) in [5.41, 5.74) is 2.24.